The average molecular weight is 235 g/mol. The Labute approximate surface area is 103 Å². The van der Waals surface area contributed by atoms with Crippen molar-refractivity contribution in [2.24, 2.45) is 5.92 Å². The lowest BCUT2D eigenvalue weighted by Gasteiger charge is -2.20. The first-order valence-electron chi connectivity index (χ1n) is 6.26. The first-order valence-corrected chi connectivity index (χ1v) is 7.14. The van der Waals surface area contributed by atoms with Gasteiger partial charge in [-0.15, -0.1) is 11.8 Å². The van der Waals surface area contributed by atoms with Crippen molar-refractivity contribution >= 4 is 11.8 Å². The maximum atomic E-state index is 3.60. The first-order chi connectivity index (χ1) is 7.81. The van der Waals surface area contributed by atoms with Crippen LogP contribution in [0.3, 0.4) is 0 Å². The van der Waals surface area contributed by atoms with Crippen LogP contribution in [0.5, 0.6) is 0 Å². The standard InChI is InChI=1S/C14H21NS/c1-3-15-13-9-10-14(11(13)2)16-12-7-5-4-6-8-12/h4-8,11,13-15H,3,9-10H2,1-2H3. The van der Waals surface area contributed by atoms with Crippen LogP contribution in [0.1, 0.15) is 26.7 Å². The third-order valence-electron chi connectivity index (χ3n) is 3.48. The normalized spacial score (nSPS) is 29.5. The van der Waals surface area contributed by atoms with Crippen LogP contribution in [-0.4, -0.2) is 17.8 Å². The van der Waals surface area contributed by atoms with Gasteiger partial charge in [-0.1, -0.05) is 32.0 Å². The molecule has 1 aliphatic carbocycles. The molecule has 0 bridgehead atoms. The zero-order chi connectivity index (χ0) is 11.4. The number of rotatable bonds is 4. The monoisotopic (exact) mass is 235 g/mol. The molecule has 3 unspecified atom stereocenters. The lowest BCUT2D eigenvalue weighted by Crippen LogP contribution is -2.32. The van der Waals surface area contributed by atoms with Crippen LogP contribution in [0, 0.1) is 5.92 Å². The van der Waals surface area contributed by atoms with Crippen LogP contribution >= 0.6 is 11.8 Å². The Morgan fingerprint density at radius 3 is 2.69 bits per heavy atom. The molecule has 1 saturated carbocycles. The van der Waals surface area contributed by atoms with Crippen molar-refractivity contribution in [3.05, 3.63) is 30.3 Å². The molecule has 1 aliphatic rings. The molecule has 0 amide bonds. The summed E-state index contributed by atoms with van der Waals surface area (Å²) in [6, 6.07) is 11.5. The van der Waals surface area contributed by atoms with Gasteiger partial charge < -0.3 is 5.32 Å². The molecular weight excluding hydrogens is 214 g/mol. The third-order valence-corrected chi connectivity index (χ3v) is 4.99. The number of thioether (sulfide) groups is 1. The molecule has 0 radical (unpaired) electrons. The lowest BCUT2D eigenvalue weighted by molar-refractivity contribution is 0.441. The van der Waals surface area contributed by atoms with Crippen LogP contribution in [0.4, 0.5) is 0 Å². The second kappa shape index (κ2) is 5.74. The highest BCUT2D eigenvalue weighted by Crippen LogP contribution is 2.38. The van der Waals surface area contributed by atoms with E-state index in [1.807, 2.05) is 11.8 Å². The van der Waals surface area contributed by atoms with E-state index in [9.17, 15) is 0 Å². The minimum absolute atomic E-state index is 0.728. The van der Waals surface area contributed by atoms with Crippen molar-refractivity contribution in [1.82, 2.24) is 5.32 Å². The molecule has 1 aromatic rings. The maximum absolute atomic E-state index is 3.60. The Balaban J connectivity index is 1.92. The van der Waals surface area contributed by atoms with E-state index in [2.05, 4.69) is 49.5 Å². The van der Waals surface area contributed by atoms with Crippen LogP contribution in [0.2, 0.25) is 0 Å². The van der Waals surface area contributed by atoms with Crippen LogP contribution < -0.4 is 5.32 Å². The number of benzene rings is 1. The molecule has 0 heterocycles. The van der Waals surface area contributed by atoms with Gasteiger partial charge in [0, 0.05) is 16.2 Å². The Morgan fingerprint density at radius 1 is 1.25 bits per heavy atom. The van der Waals surface area contributed by atoms with E-state index in [-0.39, 0.29) is 0 Å². The highest BCUT2D eigenvalue weighted by Gasteiger charge is 2.32. The highest BCUT2D eigenvalue weighted by molar-refractivity contribution is 8.00. The topological polar surface area (TPSA) is 12.0 Å². The van der Waals surface area contributed by atoms with Crippen LogP contribution in [0.15, 0.2) is 35.2 Å². The fraction of sp³-hybridized carbons (Fsp3) is 0.571. The molecule has 1 aromatic carbocycles. The maximum Gasteiger partial charge on any atom is 0.0135 e. The Kier molecular flexibility index (Phi) is 4.30. The fourth-order valence-corrected chi connectivity index (χ4v) is 3.84. The number of hydrogen-bond donors (Lipinski definition) is 1. The summed E-state index contributed by atoms with van der Waals surface area (Å²) in [4.78, 5) is 1.41. The fourth-order valence-electron chi connectivity index (χ4n) is 2.52. The summed E-state index contributed by atoms with van der Waals surface area (Å²) >= 11 is 2.05. The van der Waals surface area contributed by atoms with E-state index in [0.717, 1.165) is 23.8 Å². The third kappa shape index (κ3) is 2.80. The van der Waals surface area contributed by atoms with E-state index in [0.29, 0.717) is 0 Å². The minimum atomic E-state index is 0.728. The molecule has 0 aliphatic heterocycles. The number of nitrogens with one attached hydrogen (secondary N) is 1. The second-order valence-corrected chi connectivity index (χ2v) is 5.88. The van der Waals surface area contributed by atoms with E-state index in [1.165, 1.54) is 17.7 Å². The zero-order valence-corrected chi connectivity index (χ0v) is 11.0. The van der Waals surface area contributed by atoms with Crippen molar-refractivity contribution in [2.45, 2.75) is 42.9 Å². The Hall–Kier alpha value is -0.470. The molecule has 88 valence electrons. The second-order valence-electron chi connectivity index (χ2n) is 4.57. The molecule has 1 nitrogen and oxygen atoms in total. The van der Waals surface area contributed by atoms with Gasteiger partial charge >= 0.3 is 0 Å². The predicted octanol–water partition coefficient (Wildman–Crippen LogP) is 3.56. The van der Waals surface area contributed by atoms with Crippen molar-refractivity contribution in [3.63, 3.8) is 0 Å². The lowest BCUT2D eigenvalue weighted by atomic mass is 10.1. The Morgan fingerprint density at radius 2 is 2.00 bits per heavy atom. The van der Waals surface area contributed by atoms with Crippen molar-refractivity contribution < 1.29 is 0 Å². The summed E-state index contributed by atoms with van der Waals surface area (Å²) in [5.74, 6) is 0.783. The summed E-state index contributed by atoms with van der Waals surface area (Å²) in [7, 11) is 0. The van der Waals surface area contributed by atoms with E-state index in [4.69, 9.17) is 0 Å². The average Bonchev–Trinajstić information content (AvgIpc) is 2.64. The summed E-state index contributed by atoms with van der Waals surface area (Å²) < 4.78 is 0. The molecule has 0 spiro atoms. The number of hydrogen-bond acceptors (Lipinski definition) is 2. The molecule has 16 heavy (non-hydrogen) atoms. The summed E-state index contributed by atoms with van der Waals surface area (Å²) in [6.07, 6.45) is 2.68. The van der Waals surface area contributed by atoms with Crippen molar-refractivity contribution in [3.8, 4) is 0 Å². The molecule has 1 N–H and O–H groups in total. The zero-order valence-electron chi connectivity index (χ0n) is 10.1. The summed E-state index contributed by atoms with van der Waals surface area (Å²) in [6.45, 7) is 5.68. The van der Waals surface area contributed by atoms with Gasteiger partial charge in [0.2, 0.25) is 0 Å². The SMILES string of the molecule is CCNC1CCC(Sc2ccccc2)C1C. The molecule has 3 atom stereocenters. The largest absolute Gasteiger partial charge is 0.314 e. The van der Waals surface area contributed by atoms with E-state index in [1.54, 1.807) is 0 Å². The van der Waals surface area contributed by atoms with Gasteiger partial charge in [-0.25, -0.2) is 0 Å². The van der Waals surface area contributed by atoms with Crippen molar-refractivity contribution in [2.75, 3.05) is 6.54 Å². The van der Waals surface area contributed by atoms with Crippen molar-refractivity contribution in [1.29, 1.82) is 0 Å². The van der Waals surface area contributed by atoms with E-state index < -0.39 is 0 Å². The van der Waals surface area contributed by atoms with E-state index >= 15 is 0 Å². The van der Waals surface area contributed by atoms with Gasteiger partial charge in [0.05, 0.1) is 0 Å². The van der Waals surface area contributed by atoms with Gasteiger partial charge in [-0.3, -0.25) is 0 Å². The first kappa shape index (κ1) is 12.0. The minimum Gasteiger partial charge on any atom is -0.314 e. The van der Waals surface area contributed by atoms with Crippen LogP contribution in [-0.2, 0) is 0 Å². The molecule has 2 rings (SSSR count). The quantitative estimate of drug-likeness (QED) is 0.856. The van der Waals surface area contributed by atoms with Gasteiger partial charge in [-0.05, 0) is 37.4 Å². The molecule has 2 heteroatoms. The van der Waals surface area contributed by atoms with Gasteiger partial charge in [0.15, 0.2) is 0 Å². The summed E-state index contributed by atoms with van der Waals surface area (Å²) in [5, 5.41) is 4.38. The predicted molar refractivity (Wildman–Crippen MR) is 71.9 cm³/mol. The van der Waals surface area contributed by atoms with Gasteiger partial charge in [0.1, 0.15) is 0 Å². The molecule has 0 aromatic heterocycles. The summed E-state index contributed by atoms with van der Waals surface area (Å²) in [5.41, 5.74) is 0. The molecule has 0 saturated heterocycles. The smallest absolute Gasteiger partial charge is 0.0135 e. The van der Waals surface area contributed by atoms with Gasteiger partial charge in [0.25, 0.3) is 0 Å². The molecular formula is C14H21NS. The highest BCUT2D eigenvalue weighted by atomic mass is 32.2. The van der Waals surface area contributed by atoms with Gasteiger partial charge in [-0.2, -0.15) is 0 Å². The van der Waals surface area contributed by atoms with Crippen LogP contribution in [0.25, 0.3) is 0 Å². The molecule has 1 fully saturated rings. The Bertz CT molecular complexity index is 312.